The number of amides is 2. The molecule has 0 heterocycles. The summed E-state index contributed by atoms with van der Waals surface area (Å²) in [6, 6.07) is -1.38. The molecule has 0 aromatic heterocycles. The van der Waals surface area contributed by atoms with Gasteiger partial charge in [0.25, 0.3) is 0 Å². The molecule has 0 rings (SSSR count). The van der Waals surface area contributed by atoms with Crippen molar-refractivity contribution in [3.8, 4) is 0 Å². The van der Waals surface area contributed by atoms with Crippen molar-refractivity contribution < 1.29 is 34.1 Å². The second kappa shape index (κ2) is 34.4. The first-order chi connectivity index (χ1) is 23.3. The van der Waals surface area contributed by atoms with Crippen LogP contribution in [0.25, 0.3) is 0 Å². The van der Waals surface area contributed by atoms with E-state index in [0.29, 0.717) is 12.8 Å². The maximum absolute atomic E-state index is 12.6. The summed E-state index contributed by atoms with van der Waals surface area (Å²) in [5, 5.41) is 22.5. The van der Waals surface area contributed by atoms with Gasteiger partial charge in [0, 0.05) is 12.8 Å². The van der Waals surface area contributed by atoms with Gasteiger partial charge in [-0.25, -0.2) is 4.79 Å². The summed E-state index contributed by atoms with van der Waals surface area (Å²) < 4.78 is 5.91. The molecule has 9 nitrogen and oxygen atoms in total. The fraction of sp³-hybridized carbons (Fsp3) is 0.846. The van der Waals surface area contributed by atoms with Crippen molar-refractivity contribution in [3.05, 3.63) is 12.2 Å². The largest absolute Gasteiger partial charge is 0.480 e. The molecule has 4 N–H and O–H groups in total. The highest BCUT2D eigenvalue weighted by Crippen LogP contribution is 2.18. The molecular weight excluding hydrogens is 608 g/mol. The smallest absolute Gasteiger partial charge is 0.328 e. The van der Waals surface area contributed by atoms with E-state index in [4.69, 9.17) is 14.9 Å². The lowest BCUT2D eigenvalue weighted by Crippen LogP contribution is -2.47. The Bertz CT molecular complexity index is 833. The Kier molecular flexibility index (Phi) is 32.7. The normalized spacial score (nSPS) is 12.6. The fourth-order valence-corrected chi connectivity index (χ4v) is 5.71. The van der Waals surface area contributed by atoms with E-state index >= 15 is 0 Å². The number of hydrogen-bond donors (Lipinski definition) is 4. The van der Waals surface area contributed by atoms with Crippen LogP contribution in [0, 0.1) is 0 Å². The van der Waals surface area contributed by atoms with E-state index in [1.54, 1.807) is 0 Å². The van der Waals surface area contributed by atoms with Crippen LogP contribution in [0.15, 0.2) is 12.2 Å². The highest BCUT2D eigenvalue weighted by Gasteiger charge is 2.19. The highest BCUT2D eigenvalue weighted by atomic mass is 16.5. The number of nitrogens with one attached hydrogen (secondary N) is 2. The van der Waals surface area contributed by atoms with Crippen molar-refractivity contribution in [3.63, 3.8) is 0 Å². The third-order valence-corrected chi connectivity index (χ3v) is 8.76. The minimum absolute atomic E-state index is 0.0374. The summed E-state index contributed by atoms with van der Waals surface area (Å²) >= 11 is 0. The highest BCUT2D eigenvalue weighted by molar-refractivity contribution is 5.87. The summed E-state index contributed by atoms with van der Waals surface area (Å²) in [6.45, 7) is 3.41. The number of aliphatic hydroxyl groups is 1. The number of ether oxygens (including phenoxy) is 1. The number of unbranched alkanes of at least 4 members (excludes halogenated alkanes) is 19. The van der Waals surface area contributed by atoms with Crippen LogP contribution in [0.1, 0.15) is 187 Å². The Morgan fingerprint density at radius 3 is 1.58 bits per heavy atom. The fourth-order valence-electron chi connectivity index (χ4n) is 5.71. The monoisotopic (exact) mass is 681 g/mol. The minimum atomic E-state index is -1.38. The predicted molar refractivity (Wildman–Crippen MR) is 195 cm³/mol. The first-order valence-electron chi connectivity index (χ1n) is 19.6. The molecule has 9 heteroatoms. The quantitative estimate of drug-likeness (QED) is 0.0298. The van der Waals surface area contributed by atoms with Gasteiger partial charge in [-0.15, -0.1) is 0 Å². The van der Waals surface area contributed by atoms with Crippen LogP contribution in [-0.4, -0.2) is 59.3 Å². The molecule has 280 valence electrons. The van der Waals surface area contributed by atoms with E-state index < -0.39 is 24.5 Å². The average molecular weight is 681 g/mol. The van der Waals surface area contributed by atoms with E-state index in [1.165, 1.54) is 96.3 Å². The van der Waals surface area contributed by atoms with Gasteiger partial charge in [0.2, 0.25) is 11.8 Å². The molecule has 2 unspecified atom stereocenters. The van der Waals surface area contributed by atoms with E-state index in [9.17, 15) is 19.2 Å². The number of carbonyl (C=O) groups excluding carboxylic acids is 3. The third kappa shape index (κ3) is 30.9. The maximum Gasteiger partial charge on any atom is 0.328 e. The van der Waals surface area contributed by atoms with Gasteiger partial charge in [-0.05, 0) is 64.2 Å². The number of carboxylic acids is 1. The molecule has 0 aliphatic carbocycles. The van der Waals surface area contributed by atoms with Crippen molar-refractivity contribution >= 4 is 23.8 Å². The van der Waals surface area contributed by atoms with Gasteiger partial charge in [0.05, 0.1) is 13.2 Å². The van der Waals surface area contributed by atoms with Crippen molar-refractivity contribution in [2.45, 2.75) is 199 Å². The number of carboxylic acid groups (broad SMARTS) is 1. The molecular formula is C39H72N2O7. The lowest BCUT2D eigenvalue weighted by molar-refractivity contribution is -0.150. The zero-order valence-corrected chi connectivity index (χ0v) is 30.8. The summed E-state index contributed by atoms with van der Waals surface area (Å²) in [7, 11) is 0. The molecule has 48 heavy (non-hydrogen) atoms. The molecule has 0 aliphatic rings. The summed E-state index contributed by atoms with van der Waals surface area (Å²) in [5.41, 5.74) is 0. The zero-order valence-electron chi connectivity index (χ0n) is 30.8. The molecule has 0 saturated heterocycles. The Labute approximate surface area is 292 Å². The van der Waals surface area contributed by atoms with Crippen LogP contribution >= 0.6 is 0 Å². The number of rotatable bonds is 35. The van der Waals surface area contributed by atoms with Gasteiger partial charge >= 0.3 is 11.9 Å². The molecule has 0 bridgehead atoms. The van der Waals surface area contributed by atoms with Crippen molar-refractivity contribution in [2.75, 3.05) is 13.2 Å². The molecule has 0 radical (unpaired) electrons. The number of aliphatic hydroxyl groups excluding tert-OH is 1. The molecule has 0 aromatic carbocycles. The second-order valence-corrected chi connectivity index (χ2v) is 13.4. The molecule has 0 saturated carbocycles. The number of carbonyl (C=O) groups is 4. The lowest BCUT2D eigenvalue weighted by atomic mass is 10.0. The molecule has 0 spiro atoms. The molecule has 0 aromatic rings. The lowest BCUT2D eigenvalue weighted by Gasteiger charge is -2.18. The van der Waals surface area contributed by atoms with E-state index in [2.05, 4.69) is 36.6 Å². The average Bonchev–Trinajstić information content (AvgIpc) is 3.07. The van der Waals surface area contributed by atoms with E-state index in [0.717, 1.165) is 57.8 Å². The summed E-state index contributed by atoms with van der Waals surface area (Å²) in [4.78, 5) is 47.2. The van der Waals surface area contributed by atoms with Gasteiger partial charge in [0.15, 0.2) is 0 Å². The Morgan fingerprint density at radius 1 is 0.604 bits per heavy atom. The number of aliphatic carboxylic acids is 1. The standard InChI is InChI=1S/C39H72N2O7/c1-3-5-7-9-10-11-12-13-14-15-16-17-18-19-20-21-27-31-38(45)48-34(28-24-8-6-4-2)29-25-22-23-26-30-36(43)40-32-37(44)41-35(33-42)39(46)47/h13-14,34-35,42H,3-12,15-33H2,1-2H3,(H,40,43)(H,41,44)(H,46,47)/b14-13-. The van der Waals surface area contributed by atoms with Crippen molar-refractivity contribution in [1.82, 2.24) is 10.6 Å². The van der Waals surface area contributed by atoms with Crippen LogP contribution in [0.2, 0.25) is 0 Å². The predicted octanol–water partition coefficient (Wildman–Crippen LogP) is 8.70. The van der Waals surface area contributed by atoms with Gasteiger partial charge < -0.3 is 25.6 Å². The van der Waals surface area contributed by atoms with Gasteiger partial charge in [-0.2, -0.15) is 0 Å². The zero-order chi connectivity index (χ0) is 35.5. The Morgan fingerprint density at radius 2 is 1.06 bits per heavy atom. The first kappa shape index (κ1) is 45.6. The molecule has 0 aliphatic heterocycles. The topological polar surface area (TPSA) is 142 Å². The van der Waals surface area contributed by atoms with Gasteiger partial charge in [0.1, 0.15) is 12.1 Å². The van der Waals surface area contributed by atoms with Crippen LogP contribution in [0.4, 0.5) is 0 Å². The maximum atomic E-state index is 12.6. The van der Waals surface area contributed by atoms with Crippen LogP contribution in [0.3, 0.4) is 0 Å². The van der Waals surface area contributed by atoms with Crippen molar-refractivity contribution in [2.24, 2.45) is 0 Å². The molecule has 0 fully saturated rings. The molecule has 2 atom stereocenters. The van der Waals surface area contributed by atoms with Gasteiger partial charge in [-0.1, -0.05) is 122 Å². The van der Waals surface area contributed by atoms with Crippen molar-refractivity contribution in [1.29, 1.82) is 0 Å². The van der Waals surface area contributed by atoms with Crippen LogP contribution < -0.4 is 10.6 Å². The van der Waals surface area contributed by atoms with Crippen LogP contribution in [0.5, 0.6) is 0 Å². The minimum Gasteiger partial charge on any atom is -0.480 e. The SMILES string of the molecule is CCCCCCCC/C=C\CCCCCCCCCC(=O)OC(CCCCCC)CCCCCCC(=O)NCC(=O)NC(CO)C(=O)O. The first-order valence-corrected chi connectivity index (χ1v) is 19.6. The second-order valence-electron chi connectivity index (χ2n) is 13.4. The number of esters is 1. The Balaban J connectivity index is 3.99. The summed E-state index contributed by atoms with van der Waals surface area (Å²) in [5.74, 6) is -2.34. The summed E-state index contributed by atoms with van der Waals surface area (Å²) in [6.07, 6.45) is 34.1. The van der Waals surface area contributed by atoms with Gasteiger partial charge in [-0.3, -0.25) is 14.4 Å². The Hall–Kier alpha value is -2.42. The van der Waals surface area contributed by atoms with E-state index in [-0.39, 0.29) is 30.9 Å². The van der Waals surface area contributed by atoms with Crippen LogP contribution in [-0.2, 0) is 23.9 Å². The number of allylic oxidation sites excluding steroid dienone is 2. The molecule has 2 amide bonds. The third-order valence-electron chi connectivity index (χ3n) is 8.76. The van der Waals surface area contributed by atoms with E-state index in [1.807, 2.05) is 0 Å². The number of hydrogen-bond acceptors (Lipinski definition) is 6.